The van der Waals surface area contributed by atoms with E-state index >= 15 is 0 Å². The molecule has 1 aromatic carbocycles. The minimum Gasteiger partial charge on any atom is -0.497 e. The first-order valence-electron chi connectivity index (χ1n) is 9.41. The lowest BCUT2D eigenvalue weighted by Gasteiger charge is -2.23. The van der Waals surface area contributed by atoms with Gasteiger partial charge in [-0.2, -0.15) is 16.4 Å². The lowest BCUT2D eigenvalue weighted by molar-refractivity contribution is -0.134. The van der Waals surface area contributed by atoms with Crippen LogP contribution in [-0.2, 0) is 11.3 Å². The molecule has 0 aliphatic carbocycles. The highest BCUT2D eigenvalue weighted by Gasteiger charge is 2.35. The number of carbonyl (C=O) groups excluding carboxylic acids is 1. The van der Waals surface area contributed by atoms with Crippen LogP contribution in [0, 0.1) is 0 Å². The Morgan fingerprint density at radius 3 is 2.79 bits per heavy atom. The molecule has 1 aliphatic rings. The third-order valence-electron chi connectivity index (χ3n) is 4.90. The number of furan rings is 1. The van der Waals surface area contributed by atoms with Crippen LogP contribution >= 0.6 is 11.3 Å². The zero-order valence-electron chi connectivity index (χ0n) is 16.4. The van der Waals surface area contributed by atoms with E-state index in [4.69, 9.17) is 9.15 Å². The van der Waals surface area contributed by atoms with E-state index in [1.165, 1.54) is 5.56 Å². The fourth-order valence-electron chi connectivity index (χ4n) is 3.45. The van der Waals surface area contributed by atoms with Crippen LogP contribution < -0.4 is 4.74 Å². The summed E-state index contributed by atoms with van der Waals surface area (Å²) in [5, 5.41) is 10.4. The lowest BCUT2D eigenvalue weighted by Crippen LogP contribution is -2.36. The van der Waals surface area contributed by atoms with Gasteiger partial charge in [0, 0.05) is 13.0 Å². The molecule has 1 atom stereocenters. The standard InChI is InChI=1S/C22H23N3O3S/c1-24(13-16-9-11-29-15-16)14-22(26)25-20(21-4-3-10-28-21)12-19(23-25)17-5-7-18(27-2)8-6-17/h3-11,15,20H,12-14H2,1-2H3/t20-/m0/s1. The van der Waals surface area contributed by atoms with Crippen LogP contribution in [0.4, 0.5) is 0 Å². The van der Waals surface area contributed by atoms with E-state index in [2.05, 4.69) is 16.5 Å². The summed E-state index contributed by atoms with van der Waals surface area (Å²) in [4.78, 5) is 15.1. The molecule has 4 rings (SSSR count). The van der Waals surface area contributed by atoms with Gasteiger partial charge in [0.05, 0.1) is 25.6 Å². The van der Waals surface area contributed by atoms with Gasteiger partial charge >= 0.3 is 0 Å². The number of carbonyl (C=O) groups is 1. The lowest BCUT2D eigenvalue weighted by atomic mass is 10.0. The number of hydrogen-bond donors (Lipinski definition) is 0. The van der Waals surface area contributed by atoms with Crippen molar-refractivity contribution in [1.82, 2.24) is 9.91 Å². The molecular weight excluding hydrogens is 386 g/mol. The van der Waals surface area contributed by atoms with Crippen LogP contribution in [0.15, 0.2) is 69.0 Å². The minimum absolute atomic E-state index is 0.0485. The molecule has 0 radical (unpaired) electrons. The first-order chi connectivity index (χ1) is 14.1. The van der Waals surface area contributed by atoms with Crippen LogP contribution in [0.25, 0.3) is 0 Å². The molecule has 6 nitrogen and oxygen atoms in total. The summed E-state index contributed by atoms with van der Waals surface area (Å²) in [7, 11) is 3.59. The van der Waals surface area contributed by atoms with Crippen molar-refractivity contribution in [2.45, 2.75) is 19.0 Å². The number of methoxy groups -OCH3 is 1. The van der Waals surface area contributed by atoms with Crippen molar-refractivity contribution in [1.29, 1.82) is 0 Å². The number of benzene rings is 1. The Morgan fingerprint density at radius 2 is 2.14 bits per heavy atom. The van der Waals surface area contributed by atoms with Gasteiger partial charge in [-0.05, 0) is 71.4 Å². The molecule has 1 amide bonds. The quantitative estimate of drug-likeness (QED) is 0.588. The third kappa shape index (κ3) is 4.41. The Bertz CT molecular complexity index is 965. The van der Waals surface area contributed by atoms with Crippen molar-refractivity contribution in [3.05, 3.63) is 76.4 Å². The SMILES string of the molecule is COc1ccc(C2=NN(C(=O)CN(C)Cc3ccsc3)[C@H](c3ccco3)C2)cc1. The van der Waals surface area contributed by atoms with E-state index in [0.717, 1.165) is 29.3 Å². The number of hydrogen-bond acceptors (Lipinski definition) is 6. The fourth-order valence-corrected chi connectivity index (χ4v) is 4.11. The number of ether oxygens (including phenoxy) is 1. The van der Waals surface area contributed by atoms with Gasteiger partial charge in [-0.1, -0.05) is 0 Å². The molecule has 0 saturated heterocycles. The number of thiophene rings is 1. The maximum atomic E-state index is 13.1. The van der Waals surface area contributed by atoms with Crippen molar-refractivity contribution in [3.8, 4) is 5.75 Å². The Kier molecular flexibility index (Phi) is 5.78. The molecule has 0 N–H and O–H groups in total. The van der Waals surface area contributed by atoms with E-state index < -0.39 is 0 Å². The predicted octanol–water partition coefficient (Wildman–Crippen LogP) is 4.16. The first kappa shape index (κ1) is 19.4. The highest BCUT2D eigenvalue weighted by atomic mass is 32.1. The summed E-state index contributed by atoms with van der Waals surface area (Å²) in [5.41, 5.74) is 3.05. The topological polar surface area (TPSA) is 58.3 Å². The van der Waals surface area contributed by atoms with Gasteiger partial charge in [0.2, 0.25) is 0 Å². The summed E-state index contributed by atoms with van der Waals surface area (Å²) in [6.45, 7) is 1.01. The molecule has 0 fully saturated rings. The van der Waals surface area contributed by atoms with Gasteiger partial charge in [0.25, 0.3) is 5.91 Å². The summed E-state index contributed by atoms with van der Waals surface area (Å²) in [5.74, 6) is 1.48. The van der Waals surface area contributed by atoms with Gasteiger partial charge in [0.1, 0.15) is 17.6 Å². The summed E-state index contributed by atoms with van der Waals surface area (Å²) < 4.78 is 10.8. The van der Waals surface area contributed by atoms with Crippen LogP contribution in [0.2, 0.25) is 0 Å². The van der Waals surface area contributed by atoms with Crippen LogP contribution in [0.1, 0.15) is 29.3 Å². The Hall–Kier alpha value is -2.90. The molecular formula is C22H23N3O3S. The molecule has 1 aliphatic heterocycles. The second kappa shape index (κ2) is 8.63. The molecule has 2 aromatic heterocycles. The number of hydrazone groups is 1. The third-order valence-corrected chi connectivity index (χ3v) is 5.63. The monoisotopic (exact) mass is 409 g/mol. The highest BCUT2D eigenvalue weighted by molar-refractivity contribution is 7.07. The second-order valence-corrected chi connectivity index (χ2v) is 7.83. The van der Waals surface area contributed by atoms with Crippen molar-refractivity contribution >= 4 is 23.0 Å². The van der Waals surface area contributed by atoms with E-state index in [-0.39, 0.29) is 18.5 Å². The molecule has 29 heavy (non-hydrogen) atoms. The molecule has 7 heteroatoms. The number of rotatable bonds is 7. The van der Waals surface area contributed by atoms with Gasteiger partial charge in [-0.3, -0.25) is 9.69 Å². The van der Waals surface area contributed by atoms with Gasteiger partial charge < -0.3 is 9.15 Å². The smallest absolute Gasteiger partial charge is 0.257 e. The van der Waals surface area contributed by atoms with E-state index in [1.54, 1.807) is 29.7 Å². The molecule has 0 bridgehead atoms. The van der Waals surface area contributed by atoms with Gasteiger partial charge in [-0.15, -0.1) is 0 Å². The van der Waals surface area contributed by atoms with Gasteiger partial charge in [0.15, 0.2) is 0 Å². The predicted molar refractivity (Wildman–Crippen MR) is 113 cm³/mol. The molecule has 0 spiro atoms. The largest absolute Gasteiger partial charge is 0.497 e. The van der Waals surface area contributed by atoms with E-state index in [0.29, 0.717) is 6.42 Å². The Morgan fingerprint density at radius 1 is 1.31 bits per heavy atom. The first-order valence-corrected chi connectivity index (χ1v) is 10.4. The fraction of sp³-hybridized carbons (Fsp3) is 0.273. The van der Waals surface area contributed by atoms with Crippen LogP contribution in [0.3, 0.4) is 0 Å². The molecule has 3 aromatic rings. The summed E-state index contributed by atoms with van der Waals surface area (Å²) in [6, 6.07) is 13.3. The van der Waals surface area contributed by atoms with Crippen molar-refractivity contribution in [3.63, 3.8) is 0 Å². The normalized spacial score (nSPS) is 16.3. The zero-order valence-corrected chi connectivity index (χ0v) is 17.3. The maximum Gasteiger partial charge on any atom is 0.257 e. The summed E-state index contributed by atoms with van der Waals surface area (Å²) >= 11 is 1.66. The number of amides is 1. The zero-order chi connectivity index (χ0) is 20.2. The second-order valence-electron chi connectivity index (χ2n) is 7.05. The van der Waals surface area contributed by atoms with Gasteiger partial charge in [-0.25, -0.2) is 5.01 Å². The van der Waals surface area contributed by atoms with Crippen LogP contribution in [-0.4, -0.2) is 42.2 Å². The average Bonchev–Trinajstić information content (AvgIpc) is 3.48. The summed E-state index contributed by atoms with van der Waals surface area (Å²) in [6.07, 6.45) is 2.24. The molecule has 0 saturated carbocycles. The van der Waals surface area contributed by atoms with Crippen molar-refractivity contribution in [2.75, 3.05) is 20.7 Å². The highest BCUT2D eigenvalue weighted by Crippen LogP contribution is 2.33. The number of nitrogens with zero attached hydrogens (tertiary/aromatic N) is 3. The Balaban J connectivity index is 1.53. The molecule has 3 heterocycles. The van der Waals surface area contributed by atoms with E-state index in [9.17, 15) is 4.79 Å². The van der Waals surface area contributed by atoms with Crippen molar-refractivity contribution in [2.24, 2.45) is 5.10 Å². The average molecular weight is 410 g/mol. The van der Waals surface area contributed by atoms with Crippen LogP contribution in [0.5, 0.6) is 5.75 Å². The minimum atomic E-state index is -0.232. The molecule has 150 valence electrons. The maximum absolute atomic E-state index is 13.1. The van der Waals surface area contributed by atoms with E-state index in [1.807, 2.05) is 53.7 Å². The van der Waals surface area contributed by atoms with Crippen molar-refractivity contribution < 1.29 is 13.9 Å². The molecule has 0 unspecified atom stereocenters. The number of likely N-dealkylation sites (N-methyl/N-ethyl adjacent to an activating group) is 1. The Labute approximate surface area is 174 Å².